The lowest BCUT2D eigenvalue weighted by Crippen LogP contribution is -2.43. The summed E-state index contributed by atoms with van der Waals surface area (Å²) >= 11 is 0.914. The third kappa shape index (κ3) is 9.84. The molecular weight excluding hydrogens is 951 g/mol. The van der Waals surface area contributed by atoms with E-state index in [1.165, 1.54) is 31.6 Å². The van der Waals surface area contributed by atoms with Crippen LogP contribution in [0.5, 0.6) is 0 Å². The van der Waals surface area contributed by atoms with E-state index in [0.29, 0.717) is 24.9 Å². The van der Waals surface area contributed by atoms with Crippen LogP contribution in [0, 0.1) is 0 Å². The Labute approximate surface area is 424 Å². The molecule has 2 N–H and O–H groups in total. The van der Waals surface area contributed by atoms with Crippen LogP contribution in [-0.2, 0) is 49.4 Å². The zero-order valence-corrected chi connectivity index (χ0v) is 42.8. The molecule has 0 bridgehead atoms. The van der Waals surface area contributed by atoms with Crippen LogP contribution in [-0.4, -0.2) is 68.2 Å². The lowest BCUT2D eigenvalue weighted by molar-refractivity contribution is -0.432. The van der Waals surface area contributed by atoms with Crippen LogP contribution >= 0.6 is 12.0 Å². The average molecular weight is 1010 g/mol. The van der Waals surface area contributed by atoms with E-state index in [-0.39, 0.29) is 36.1 Å². The van der Waals surface area contributed by atoms with Gasteiger partial charge in [0.05, 0.1) is 30.0 Å². The van der Waals surface area contributed by atoms with Gasteiger partial charge in [-0.2, -0.15) is 13.0 Å². The number of allylic oxidation sites excluding steroid dienone is 5. The Morgan fingerprint density at radius 2 is 1.33 bits per heavy atom. The molecule has 2 heterocycles. The number of hydrogen-bond acceptors (Lipinski definition) is 12. The minimum Gasteiger partial charge on any atom is -0.464 e. The molecule has 1 saturated carbocycles. The highest BCUT2D eigenvalue weighted by atomic mass is 32.2. The van der Waals surface area contributed by atoms with Crippen LogP contribution in [0.25, 0.3) is 21.5 Å². The van der Waals surface area contributed by atoms with Gasteiger partial charge in [-0.15, -0.1) is 4.33 Å². The van der Waals surface area contributed by atoms with Crippen LogP contribution in [0.2, 0.25) is 0 Å². The van der Waals surface area contributed by atoms with Crippen LogP contribution in [0.4, 0.5) is 22.7 Å². The molecule has 1 fully saturated rings. The quantitative estimate of drug-likeness (QED) is 0.0251. The molecule has 0 radical (unpaired) electrons. The van der Waals surface area contributed by atoms with Crippen molar-refractivity contribution in [2.45, 2.75) is 87.5 Å². The van der Waals surface area contributed by atoms with Gasteiger partial charge in [-0.3, -0.25) is 14.1 Å². The molecule has 0 spiro atoms. The number of carbonyl (C=O) groups excluding carboxylic acids is 2. The normalized spacial score (nSPS) is 18.6. The van der Waals surface area contributed by atoms with E-state index in [4.69, 9.17) is 19.1 Å². The fraction of sp³-hybridized carbons (Fsp3) is 0.281. The molecule has 0 amide bonds. The summed E-state index contributed by atoms with van der Waals surface area (Å²) in [7, 11) is -4.42. The summed E-state index contributed by atoms with van der Waals surface area (Å²) in [5.74, 6) is -0.698. The number of para-hydroxylation sites is 2. The highest BCUT2D eigenvalue weighted by Crippen LogP contribution is 2.52. The molecule has 0 saturated heterocycles. The van der Waals surface area contributed by atoms with Crippen molar-refractivity contribution < 1.29 is 46.7 Å². The van der Waals surface area contributed by atoms with Gasteiger partial charge in [-0.25, -0.2) is 5.26 Å². The van der Waals surface area contributed by atoms with Crippen LogP contribution in [0.1, 0.15) is 71.9 Å². The number of ether oxygens (including phenoxy) is 2. The van der Waals surface area contributed by atoms with E-state index in [1.807, 2.05) is 36.4 Å². The third-order valence-electron chi connectivity index (χ3n) is 14.2. The second kappa shape index (κ2) is 20.5. The Kier molecular flexibility index (Phi) is 14.3. The zero-order chi connectivity index (χ0) is 51.0. The van der Waals surface area contributed by atoms with Crippen molar-refractivity contribution in [2.24, 2.45) is 0 Å². The number of esters is 2. The minimum absolute atomic E-state index is 0.0932. The molecule has 0 aromatic heterocycles. The summed E-state index contributed by atoms with van der Waals surface area (Å²) in [6.07, 6.45) is 9.02. The highest BCUT2D eigenvalue weighted by Gasteiger charge is 2.46. The van der Waals surface area contributed by atoms with Gasteiger partial charge in [0.25, 0.3) is 10.1 Å². The number of rotatable bonds is 15. The lowest BCUT2D eigenvalue weighted by Gasteiger charge is -2.34. The molecule has 1 atom stereocenters. The van der Waals surface area contributed by atoms with E-state index in [1.54, 1.807) is 6.07 Å². The second-order valence-corrected chi connectivity index (χ2v) is 21.5. The molecule has 15 heteroatoms. The van der Waals surface area contributed by atoms with Gasteiger partial charge in [0.1, 0.15) is 13.2 Å². The van der Waals surface area contributed by atoms with Crippen molar-refractivity contribution in [2.75, 3.05) is 36.1 Å². The molecule has 72 heavy (non-hydrogen) atoms. The molecule has 372 valence electrons. The fourth-order valence-electron chi connectivity index (χ4n) is 11.1. The van der Waals surface area contributed by atoms with Gasteiger partial charge in [0.2, 0.25) is 17.1 Å². The summed E-state index contributed by atoms with van der Waals surface area (Å²) in [6.45, 7) is 13.0. The molecule has 3 aliphatic rings. The van der Waals surface area contributed by atoms with Gasteiger partial charge < -0.3 is 19.3 Å². The Bertz CT molecular complexity index is 3290. The highest BCUT2D eigenvalue weighted by molar-refractivity contribution is 7.94. The predicted octanol–water partition coefficient (Wildman–Crippen LogP) is 12.0. The summed E-state index contributed by atoms with van der Waals surface area (Å²) in [5, 5.41) is 16.3. The molecule has 1 aliphatic carbocycles. The molecule has 13 nitrogen and oxygen atoms in total. The molecule has 1 unspecified atom stereocenters. The SMILES string of the molecule is CC(=O)OCCN1/C(=C/C=C2\CC/C(=C\CC3N(CCOC(C)=O)c4ccc5cc(S(=O)(=O)O)ccc5c4C3(C)C)C2=[N+](c2ccccc2)c2ccccc2)C(C)(C)c2c1ccc1cc(SOOO)ccc21. The number of benzene rings is 6. The van der Waals surface area contributed by atoms with Crippen molar-refractivity contribution in [3.8, 4) is 0 Å². The Balaban J connectivity index is 1.18. The van der Waals surface area contributed by atoms with Crippen LogP contribution < -0.4 is 14.4 Å². The van der Waals surface area contributed by atoms with Crippen molar-refractivity contribution in [1.82, 2.24) is 4.58 Å². The first-order valence-electron chi connectivity index (χ1n) is 23.9. The topological polar surface area (TPSA) is 155 Å². The number of hydrogen-bond donors (Lipinski definition) is 2. The average Bonchev–Trinajstić information content (AvgIpc) is 3.92. The van der Waals surface area contributed by atoms with E-state index in [9.17, 15) is 22.6 Å². The Morgan fingerprint density at radius 3 is 1.97 bits per heavy atom. The van der Waals surface area contributed by atoms with Crippen molar-refractivity contribution in [3.63, 3.8) is 0 Å². The number of fused-ring (bicyclic) bond motifs is 6. The zero-order valence-electron chi connectivity index (χ0n) is 41.1. The maximum atomic E-state index is 12.2. The first-order valence-corrected chi connectivity index (χ1v) is 26.1. The van der Waals surface area contributed by atoms with Crippen molar-refractivity contribution >= 4 is 84.1 Å². The molecule has 6 aromatic carbocycles. The third-order valence-corrected chi connectivity index (χ3v) is 15.6. The van der Waals surface area contributed by atoms with Gasteiger partial charge in [-0.1, -0.05) is 106 Å². The summed E-state index contributed by atoms with van der Waals surface area (Å²) < 4.78 is 52.5. The Morgan fingerprint density at radius 1 is 0.736 bits per heavy atom. The fourth-order valence-corrected chi connectivity index (χ4v) is 12.1. The minimum atomic E-state index is -4.42. The van der Waals surface area contributed by atoms with E-state index < -0.39 is 20.9 Å². The number of anilines is 2. The maximum Gasteiger partial charge on any atom is 0.302 e. The monoisotopic (exact) mass is 1010 g/mol. The van der Waals surface area contributed by atoms with E-state index >= 15 is 0 Å². The number of nitrogens with zero attached hydrogens (tertiary/aromatic N) is 3. The predicted molar refractivity (Wildman–Crippen MR) is 284 cm³/mol. The van der Waals surface area contributed by atoms with Crippen LogP contribution in [0.15, 0.2) is 166 Å². The van der Waals surface area contributed by atoms with E-state index in [0.717, 1.165) is 96.8 Å². The smallest absolute Gasteiger partial charge is 0.302 e. The number of carbonyl (C=O) groups is 2. The second-order valence-electron chi connectivity index (χ2n) is 19.3. The summed E-state index contributed by atoms with van der Waals surface area (Å²) in [4.78, 5) is 29.3. The molecule has 6 aromatic rings. The largest absolute Gasteiger partial charge is 0.464 e. The van der Waals surface area contributed by atoms with Gasteiger partial charge in [0.15, 0.2) is 0 Å². The first kappa shape index (κ1) is 50.4. The van der Waals surface area contributed by atoms with Crippen molar-refractivity contribution in [3.05, 3.63) is 168 Å². The standard InChI is InChI=1S/C57H57N3O10S2/c1-37(61)67-33-31-58-49-27-19-41-35-45(71-70-69-63)23-25-47(41)53(49)56(3,4)51(58)29-21-39-17-18-40(55(39)60(43-13-9-7-10-14-43)44-15-11-8-12-16-44)22-30-52-57(5,6)54-48-26-24-46(72(64,65)66)36-42(48)20-28-50(54)59(52)32-34-68-38(2)62/h7-16,19-29,35-36,52H,17-18,30-34H2,1-6H3,(H-,63,64,65,66)/p+1/b40-22+. The van der Waals surface area contributed by atoms with E-state index in [2.05, 4.69) is 132 Å². The summed E-state index contributed by atoms with van der Waals surface area (Å²) in [6, 6.07) is 39.5. The molecular formula is C57H58N3O10S2+. The van der Waals surface area contributed by atoms with Gasteiger partial charge >= 0.3 is 11.9 Å². The maximum absolute atomic E-state index is 12.2. The summed E-state index contributed by atoms with van der Waals surface area (Å²) in [5.41, 5.74) is 9.72. The van der Waals surface area contributed by atoms with Gasteiger partial charge in [-0.05, 0) is 94.4 Å². The first-order chi connectivity index (χ1) is 34.5. The lowest BCUT2D eigenvalue weighted by atomic mass is 9.77. The van der Waals surface area contributed by atoms with Crippen LogP contribution in [0.3, 0.4) is 0 Å². The molecule has 2 aliphatic heterocycles. The van der Waals surface area contributed by atoms with Crippen molar-refractivity contribution in [1.29, 1.82) is 0 Å². The Hall–Kier alpha value is -6.59. The van der Waals surface area contributed by atoms with Gasteiger partial charge in [0, 0.05) is 88.1 Å². The molecule has 9 rings (SSSR count).